The molecule has 0 aliphatic rings. The molecule has 1 N–H and O–H groups in total. The molecule has 1 aromatic carbocycles. The van der Waals surface area contributed by atoms with Gasteiger partial charge in [-0.2, -0.15) is 0 Å². The molecule has 1 rings (SSSR count). The van der Waals surface area contributed by atoms with E-state index < -0.39 is 3.74 Å². The van der Waals surface area contributed by atoms with E-state index in [2.05, 4.69) is 37.0 Å². The molecule has 0 saturated carbocycles. The van der Waals surface area contributed by atoms with E-state index >= 15 is 0 Å². The Morgan fingerprint density at radius 3 is 2.29 bits per heavy atom. The number of rotatable bonds is 3. The van der Waals surface area contributed by atoms with Crippen LogP contribution in [0.3, 0.4) is 0 Å². The summed E-state index contributed by atoms with van der Waals surface area (Å²) in [6.45, 7) is 0. The summed E-state index contributed by atoms with van der Waals surface area (Å²) in [5.74, 6) is -0.321. The van der Waals surface area contributed by atoms with E-state index in [1.807, 2.05) is 6.07 Å². The van der Waals surface area contributed by atoms with Crippen molar-refractivity contribution in [2.24, 2.45) is 5.16 Å². The van der Waals surface area contributed by atoms with Gasteiger partial charge >= 0.3 is 0 Å². The molecule has 0 aromatic heterocycles. The van der Waals surface area contributed by atoms with Crippen molar-refractivity contribution in [3.8, 4) is 0 Å². The highest BCUT2D eigenvalue weighted by atomic mass is 79.9. The van der Waals surface area contributed by atoms with Gasteiger partial charge in [-0.05, 0) is 0 Å². The fourth-order valence-electron chi connectivity index (χ4n) is 0.949. The predicted molar refractivity (Wildman–Crippen MR) is 61.4 cm³/mol. The fraction of sp³-hybridized carbons (Fsp3) is 0.111. The third-order valence-electron chi connectivity index (χ3n) is 1.58. The number of Topliss-reactive ketones (excluding diaryl/α,β-unsaturated/α-hetero) is 1. The fourth-order valence-corrected chi connectivity index (χ4v) is 1.38. The molecule has 0 atom stereocenters. The van der Waals surface area contributed by atoms with Gasteiger partial charge in [-0.15, -0.1) is 0 Å². The number of carbonyl (C=O) groups is 1. The van der Waals surface area contributed by atoms with Crippen molar-refractivity contribution < 1.29 is 10.0 Å². The molecule has 0 bridgehead atoms. The summed E-state index contributed by atoms with van der Waals surface area (Å²) < 4.78 is -0.541. The van der Waals surface area contributed by atoms with Crippen LogP contribution in [0.4, 0.5) is 0 Å². The van der Waals surface area contributed by atoms with Crippen LogP contribution in [0, 0.1) is 0 Å². The van der Waals surface area contributed by atoms with Crippen LogP contribution in [0.25, 0.3) is 0 Å². The number of ketones is 1. The lowest BCUT2D eigenvalue weighted by Crippen LogP contribution is -2.20. The van der Waals surface area contributed by atoms with Crippen LogP contribution >= 0.6 is 31.9 Å². The first kappa shape index (κ1) is 11.4. The Morgan fingerprint density at radius 2 is 1.86 bits per heavy atom. The smallest absolute Gasteiger partial charge is 0.209 e. The van der Waals surface area contributed by atoms with Gasteiger partial charge in [0, 0.05) is 5.56 Å². The maximum absolute atomic E-state index is 11.5. The van der Waals surface area contributed by atoms with Gasteiger partial charge in [0.15, 0.2) is 5.71 Å². The summed E-state index contributed by atoms with van der Waals surface area (Å²) in [6.07, 6.45) is 0. The minimum atomic E-state index is -0.541. The topological polar surface area (TPSA) is 49.7 Å². The zero-order valence-corrected chi connectivity index (χ0v) is 10.2. The summed E-state index contributed by atoms with van der Waals surface area (Å²) in [5.41, 5.74) is 0.619. The van der Waals surface area contributed by atoms with E-state index in [4.69, 9.17) is 5.21 Å². The highest BCUT2D eigenvalue weighted by Crippen LogP contribution is 2.13. The van der Waals surface area contributed by atoms with E-state index in [1.165, 1.54) is 0 Å². The Kier molecular flexibility index (Phi) is 4.28. The van der Waals surface area contributed by atoms with Crippen LogP contribution in [0.15, 0.2) is 35.5 Å². The Balaban J connectivity index is 3.01. The number of halogens is 2. The standard InChI is InChI=1S/C9H7Br2NO2/c10-9(11)8(13)7(12-14)6-4-2-1-3-5-6/h1-5,9,14H/b12-7+. The zero-order valence-electron chi connectivity index (χ0n) is 7.02. The Hall–Kier alpha value is -0.680. The largest absolute Gasteiger partial charge is 0.410 e. The number of benzene rings is 1. The quantitative estimate of drug-likeness (QED) is 0.403. The van der Waals surface area contributed by atoms with E-state index in [0.717, 1.165) is 0 Å². The van der Waals surface area contributed by atoms with E-state index in [9.17, 15) is 4.79 Å². The first-order chi connectivity index (χ1) is 6.66. The van der Waals surface area contributed by atoms with Crippen molar-refractivity contribution in [1.29, 1.82) is 0 Å². The lowest BCUT2D eigenvalue weighted by molar-refractivity contribution is -0.111. The lowest BCUT2D eigenvalue weighted by atomic mass is 10.1. The molecule has 0 radical (unpaired) electrons. The van der Waals surface area contributed by atoms with Crippen molar-refractivity contribution in [2.75, 3.05) is 0 Å². The maximum atomic E-state index is 11.5. The summed E-state index contributed by atoms with van der Waals surface area (Å²) in [5, 5.41) is 11.7. The van der Waals surface area contributed by atoms with Gasteiger partial charge < -0.3 is 5.21 Å². The van der Waals surface area contributed by atoms with Crippen molar-refractivity contribution in [3.05, 3.63) is 35.9 Å². The molecule has 3 nitrogen and oxygen atoms in total. The molecule has 0 heterocycles. The van der Waals surface area contributed by atoms with E-state index in [-0.39, 0.29) is 11.5 Å². The van der Waals surface area contributed by atoms with Crippen molar-refractivity contribution in [2.45, 2.75) is 3.74 Å². The summed E-state index contributed by atoms with van der Waals surface area (Å²) >= 11 is 6.11. The number of hydrogen-bond acceptors (Lipinski definition) is 3. The minimum Gasteiger partial charge on any atom is -0.410 e. The molecule has 0 aliphatic heterocycles. The second-order valence-corrected chi connectivity index (χ2v) is 5.54. The Morgan fingerprint density at radius 1 is 1.29 bits per heavy atom. The lowest BCUT2D eigenvalue weighted by Gasteiger charge is -2.03. The van der Waals surface area contributed by atoms with Crippen molar-refractivity contribution in [1.82, 2.24) is 0 Å². The normalized spacial score (nSPS) is 11.8. The number of nitrogens with zero attached hydrogens (tertiary/aromatic N) is 1. The average molecular weight is 321 g/mol. The van der Waals surface area contributed by atoms with Crippen LogP contribution in [0.2, 0.25) is 0 Å². The summed E-state index contributed by atoms with van der Waals surface area (Å²) in [6, 6.07) is 8.77. The van der Waals surface area contributed by atoms with Gasteiger partial charge in [0.1, 0.15) is 3.74 Å². The predicted octanol–water partition coefficient (Wildman–Crippen LogP) is 2.55. The van der Waals surface area contributed by atoms with E-state index in [1.54, 1.807) is 24.3 Å². The van der Waals surface area contributed by atoms with Crippen LogP contribution in [-0.2, 0) is 4.79 Å². The molecule has 0 amide bonds. The number of hydrogen-bond donors (Lipinski definition) is 1. The van der Waals surface area contributed by atoms with Crippen LogP contribution in [-0.4, -0.2) is 20.4 Å². The third-order valence-corrected chi connectivity index (χ3v) is 2.41. The van der Waals surface area contributed by atoms with Crippen molar-refractivity contribution in [3.63, 3.8) is 0 Å². The first-order valence-electron chi connectivity index (χ1n) is 3.76. The van der Waals surface area contributed by atoms with Gasteiger partial charge in [0.05, 0.1) is 0 Å². The number of oxime groups is 1. The van der Waals surface area contributed by atoms with Gasteiger partial charge in [-0.1, -0.05) is 67.3 Å². The Labute approximate surface area is 98.1 Å². The number of carbonyl (C=O) groups excluding carboxylic acids is 1. The van der Waals surface area contributed by atoms with Crippen LogP contribution < -0.4 is 0 Å². The first-order valence-corrected chi connectivity index (χ1v) is 5.59. The zero-order chi connectivity index (χ0) is 10.6. The molecule has 0 spiro atoms. The molecule has 0 aliphatic carbocycles. The molecule has 0 unspecified atom stereocenters. The van der Waals surface area contributed by atoms with Gasteiger partial charge in [-0.25, -0.2) is 0 Å². The second-order valence-electron chi connectivity index (χ2n) is 2.48. The molecular formula is C9H7Br2NO2. The van der Waals surface area contributed by atoms with Gasteiger partial charge in [0.2, 0.25) is 5.78 Å². The molecular weight excluding hydrogens is 314 g/mol. The highest BCUT2D eigenvalue weighted by Gasteiger charge is 2.20. The van der Waals surface area contributed by atoms with Crippen molar-refractivity contribution >= 4 is 43.4 Å². The molecule has 0 fully saturated rings. The van der Waals surface area contributed by atoms with Gasteiger partial charge in [0.25, 0.3) is 0 Å². The van der Waals surface area contributed by atoms with Gasteiger partial charge in [-0.3, -0.25) is 4.79 Å². The average Bonchev–Trinajstić information content (AvgIpc) is 2.20. The minimum absolute atomic E-state index is 0.0318. The molecule has 1 aromatic rings. The van der Waals surface area contributed by atoms with Crippen LogP contribution in [0.5, 0.6) is 0 Å². The molecule has 0 saturated heterocycles. The molecule has 14 heavy (non-hydrogen) atoms. The molecule has 74 valence electrons. The SMILES string of the molecule is O=C(/C(=N/O)c1ccccc1)C(Br)Br. The highest BCUT2D eigenvalue weighted by molar-refractivity contribution is 9.25. The van der Waals surface area contributed by atoms with E-state index in [0.29, 0.717) is 5.56 Å². The van der Waals surface area contributed by atoms with Crippen LogP contribution in [0.1, 0.15) is 5.56 Å². The summed E-state index contributed by atoms with van der Waals surface area (Å²) in [4.78, 5) is 11.5. The maximum Gasteiger partial charge on any atom is 0.209 e. The number of alkyl halides is 2. The third kappa shape index (κ3) is 2.65. The monoisotopic (exact) mass is 319 g/mol. The second kappa shape index (κ2) is 5.26. The molecule has 5 heteroatoms. The Bertz CT molecular complexity index is 349. The summed E-state index contributed by atoms with van der Waals surface area (Å²) in [7, 11) is 0.